The molecule has 0 N–H and O–H groups in total. The Morgan fingerprint density at radius 3 is 1.58 bits per heavy atom. The summed E-state index contributed by atoms with van der Waals surface area (Å²) in [4.78, 5) is 12.2. The molecule has 0 aliphatic carbocycles. The molecular weight excluding hydrogens is 459 g/mol. The minimum Gasteiger partial charge on any atom is -0.464 e. The number of carbonyl (C=O) groups is 1. The van der Waals surface area contributed by atoms with Gasteiger partial charge in [0.15, 0.2) is 0 Å². The maximum absolute atomic E-state index is 12.2. The molecule has 3 aromatic carbocycles. The highest BCUT2D eigenvalue weighted by atomic mass is 31.1. The Labute approximate surface area is 216 Å². The van der Waals surface area contributed by atoms with Crippen molar-refractivity contribution in [1.82, 2.24) is 0 Å². The zero-order valence-electron chi connectivity index (χ0n) is 22.3. The molecule has 1 aliphatic heterocycles. The van der Waals surface area contributed by atoms with Crippen LogP contribution < -0.4 is 5.30 Å². The molecule has 2 heterocycles. The Bertz CT molecular complexity index is 1320. The summed E-state index contributed by atoms with van der Waals surface area (Å²) in [7, 11) is -0.468. The van der Waals surface area contributed by atoms with Gasteiger partial charge in [-0.15, -0.1) is 0 Å². The Morgan fingerprint density at radius 1 is 0.694 bits per heavy atom. The van der Waals surface area contributed by atoms with Gasteiger partial charge in [0.1, 0.15) is 11.5 Å². The van der Waals surface area contributed by atoms with Crippen molar-refractivity contribution >= 4 is 19.0 Å². The SMILES string of the molecule is Cc1cc(C)c(-c2cc(-c3ccco3)cc(-c3c(C)cc(C)cc3C)c2P2CCC(=O)CC2)c(C)c1. The topological polar surface area (TPSA) is 30.2 Å². The molecule has 0 saturated carbocycles. The third-order valence-electron chi connectivity index (χ3n) is 7.45. The fraction of sp³-hybridized carbons (Fsp3) is 0.303. The first kappa shape index (κ1) is 24.7. The maximum Gasteiger partial charge on any atom is 0.133 e. The van der Waals surface area contributed by atoms with Crippen molar-refractivity contribution in [2.45, 2.75) is 54.4 Å². The first-order valence-electron chi connectivity index (χ1n) is 12.9. The van der Waals surface area contributed by atoms with E-state index in [-0.39, 0.29) is 0 Å². The molecule has 1 fully saturated rings. The molecule has 0 amide bonds. The van der Waals surface area contributed by atoms with Crippen LogP contribution in [-0.4, -0.2) is 18.1 Å². The van der Waals surface area contributed by atoms with Gasteiger partial charge in [-0.05, 0) is 128 Å². The highest BCUT2D eigenvalue weighted by Crippen LogP contribution is 2.48. The van der Waals surface area contributed by atoms with Crippen LogP contribution in [0.2, 0.25) is 0 Å². The molecular formula is C33H35O2P. The molecule has 1 aromatic heterocycles. The van der Waals surface area contributed by atoms with Crippen LogP contribution in [0.5, 0.6) is 0 Å². The number of hydrogen-bond donors (Lipinski definition) is 0. The number of rotatable bonds is 4. The van der Waals surface area contributed by atoms with Crippen molar-refractivity contribution in [3.63, 3.8) is 0 Å². The van der Waals surface area contributed by atoms with Crippen molar-refractivity contribution < 1.29 is 9.21 Å². The average molecular weight is 495 g/mol. The molecule has 0 unspecified atom stereocenters. The Hall–Kier alpha value is -2.96. The number of ketones is 1. The molecule has 3 heteroatoms. The minimum absolute atomic E-state index is 0.412. The largest absolute Gasteiger partial charge is 0.464 e. The fourth-order valence-corrected chi connectivity index (χ4v) is 8.87. The van der Waals surface area contributed by atoms with Crippen molar-refractivity contribution in [2.75, 3.05) is 12.3 Å². The van der Waals surface area contributed by atoms with Crippen molar-refractivity contribution in [3.8, 4) is 33.6 Å². The molecule has 1 saturated heterocycles. The number of benzene rings is 3. The Balaban J connectivity index is 1.90. The first-order chi connectivity index (χ1) is 17.2. The highest BCUT2D eigenvalue weighted by molar-refractivity contribution is 7.66. The van der Waals surface area contributed by atoms with Crippen LogP contribution in [0.4, 0.5) is 0 Å². The van der Waals surface area contributed by atoms with E-state index in [0.717, 1.165) is 23.6 Å². The van der Waals surface area contributed by atoms with Gasteiger partial charge >= 0.3 is 0 Å². The zero-order valence-corrected chi connectivity index (χ0v) is 23.2. The summed E-state index contributed by atoms with van der Waals surface area (Å²) in [6.07, 6.45) is 5.10. The number of aryl methyl sites for hydroxylation is 6. The lowest BCUT2D eigenvalue weighted by Gasteiger charge is -2.30. The number of hydrogen-bond acceptors (Lipinski definition) is 2. The fourth-order valence-electron chi connectivity index (χ4n) is 6.13. The van der Waals surface area contributed by atoms with Gasteiger partial charge in [-0.2, -0.15) is 0 Å². The number of carbonyl (C=O) groups excluding carboxylic acids is 1. The number of Topliss-reactive ketones (excluding diaryl/α,β-unsaturated/α-hetero) is 1. The average Bonchev–Trinajstić information content (AvgIpc) is 3.33. The molecule has 5 rings (SSSR count). The van der Waals surface area contributed by atoms with Crippen molar-refractivity contribution in [2.24, 2.45) is 0 Å². The van der Waals surface area contributed by atoms with Crippen LogP contribution in [0.15, 0.2) is 59.2 Å². The van der Waals surface area contributed by atoms with Crippen LogP contribution in [0.25, 0.3) is 33.6 Å². The van der Waals surface area contributed by atoms with E-state index in [1.807, 2.05) is 6.07 Å². The summed E-state index contributed by atoms with van der Waals surface area (Å²) in [6.45, 7) is 13.3. The molecule has 2 nitrogen and oxygen atoms in total. The smallest absolute Gasteiger partial charge is 0.133 e. The third-order valence-corrected chi connectivity index (χ3v) is 10.1. The van der Waals surface area contributed by atoms with Crippen molar-refractivity contribution in [1.29, 1.82) is 0 Å². The van der Waals surface area contributed by atoms with E-state index in [4.69, 9.17) is 4.42 Å². The molecule has 4 aromatic rings. The van der Waals surface area contributed by atoms with Crippen LogP contribution in [0.3, 0.4) is 0 Å². The van der Waals surface area contributed by atoms with Gasteiger partial charge in [-0.3, -0.25) is 4.79 Å². The van der Waals surface area contributed by atoms with E-state index in [2.05, 4.69) is 84.0 Å². The lowest BCUT2D eigenvalue weighted by Crippen LogP contribution is -2.21. The Kier molecular flexibility index (Phi) is 6.75. The second-order valence-electron chi connectivity index (χ2n) is 10.5. The predicted octanol–water partition coefficient (Wildman–Crippen LogP) is 8.60. The van der Waals surface area contributed by atoms with E-state index in [9.17, 15) is 4.79 Å². The summed E-state index contributed by atoms with van der Waals surface area (Å²) in [6, 6.07) is 17.9. The lowest BCUT2D eigenvalue weighted by atomic mass is 9.87. The third kappa shape index (κ3) is 4.60. The van der Waals surface area contributed by atoms with Gasteiger partial charge in [-0.25, -0.2) is 0 Å². The Morgan fingerprint density at radius 2 is 1.17 bits per heavy atom. The highest BCUT2D eigenvalue weighted by Gasteiger charge is 2.28. The second kappa shape index (κ2) is 9.83. The van der Waals surface area contributed by atoms with E-state index >= 15 is 0 Å². The van der Waals surface area contributed by atoms with E-state index in [0.29, 0.717) is 18.6 Å². The predicted molar refractivity (Wildman–Crippen MR) is 154 cm³/mol. The maximum atomic E-state index is 12.2. The van der Waals surface area contributed by atoms with E-state index < -0.39 is 7.92 Å². The van der Waals surface area contributed by atoms with Crippen LogP contribution >= 0.6 is 7.92 Å². The van der Waals surface area contributed by atoms with Gasteiger partial charge in [0.05, 0.1) is 6.26 Å². The molecule has 1 aliphatic rings. The van der Waals surface area contributed by atoms with E-state index in [1.165, 1.54) is 60.9 Å². The van der Waals surface area contributed by atoms with Crippen LogP contribution in [0, 0.1) is 41.5 Å². The van der Waals surface area contributed by atoms with Crippen molar-refractivity contribution in [3.05, 3.63) is 88.2 Å². The van der Waals surface area contributed by atoms with Gasteiger partial charge in [0.25, 0.3) is 0 Å². The molecule has 184 valence electrons. The van der Waals surface area contributed by atoms with E-state index in [1.54, 1.807) is 6.26 Å². The quantitative estimate of drug-likeness (QED) is 0.266. The molecule has 0 atom stereocenters. The zero-order chi connectivity index (χ0) is 25.6. The van der Waals surface area contributed by atoms with Gasteiger partial charge in [-0.1, -0.05) is 43.3 Å². The lowest BCUT2D eigenvalue weighted by molar-refractivity contribution is -0.118. The summed E-state index contributed by atoms with van der Waals surface area (Å²) >= 11 is 0. The second-order valence-corrected chi connectivity index (χ2v) is 12.9. The summed E-state index contributed by atoms with van der Waals surface area (Å²) in [5, 5.41) is 1.46. The standard InChI is InChI=1S/C33H35O2P/c1-20-14-22(3)31(23(4)15-20)28-18-26(30-8-7-11-35-30)19-29(32-24(5)16-21(2)17-25(32)6)33(28)36-12-9-27(34)10-13-36/h7-8,11,14-19H,9-10,12-13H2,1-6H3. The molecule has 0 bridgehead atoms. The normalized spacial score (nSPS) is 14.4. The van der Waals surface area contributed by atoms with Gasteiger partial charge in [0, 0.05) is 18.4 Å². The molecule has 36 heavy (non-hydrogen) atoms. The minimum atomic E-state index is -0.468. The molecule has 0 spiro atoms. The van der Waals surface area contributed by atoms with Crippen LogP contribution in [0.1, 0.15) is 46.2 Å². The summed E-state index contributed by atoms with van der Waals surface area (Å²) in [5.41, 5.74) is 14.2. The monoisotopic (exact) mass is 494 g/mol. The number of furan rings is 1. The summed E-state index contributed by atoms with van der Waals surface area (Å²) < 4.78 is 5.92. The van der Waals surface area contributed by atoms with Gasteiger partial charge < -0.3 is 4.42 Å². The summed E-state index contributed by atoms with van der Waals surface area (Å²) in [5.74, 6) is 1.30. The molecule has 0 radical (unpaired) electrons. The van der Waals surface area contributed by atoms with Crippen LogP contribution in [-0.2, 0) is 4.79 Å². The van der Waals surface area contributed by atoms with Gasteiger partial charge in [0.2, 0.25) is 0 Å². The first-order valence-corrected chi connectivity index (χ1v) is 14.6.